The molecular formula is C27H24N4O3. The number of fused-ring (bicyclic) bond motifs is 3. The van der Waals surface area contributed by atoms with Gasteiger partial charge in [0.2, 0.25) is 11.7 Å². The molecule has 7 heteroatoms. The van der Waals surface area contributed by atoms with E-state index in [0.717, 1.165) is 27.9 Å². The summed E-state index contributed by atoms with van der Waals surface area (Å²) in [5.41, 5.74) is 5.30. The summed E-state index contributed by atoms with van der Waals surface area (Å²) in [6.45, 7) is 3.94. The Kier molecular flexibility index (Phi) is 5.37. The minimum absolute atomic E-state index is 0.0127. The first-order valence-corrected chi connectivity index (χ1v) is 11.0. The lowest BCUT2D eigenvalue weighted by atomic mass is 10.1. The Morgan fingerprint density at radius 3 is 2.38 bits per heavy atom. The molecule has 0 saturated heterocycles. The van der Waals surface area contributed by atoms with E-state index in [1.807, 2.05) is 80.6 Å². The van der Waals surface area contributed by atoms with Crippen LogP contribution in [0.4, 0.5) is 5.69 Å². The van der Waals surface area contributed by atoms with Crippen molar-refractivity contribution in [3.63, 3.8) is 0 Å². The molecule has 0 atom stereocenters. The van der Waals surface area contributed by atoms with E-state index in [9.17, 15) is 9.59 Å². The normalized spacial score (nSPS) is 11.1. The van der Waals surface area contributed by atoms with Gasteiger partial charge in [-0.2, -0.15) is 0 Å². The molecule has 5 aromatic rings. The molecule has 170 valence electrons. The zero-order chi connectivity index (χ0) is 23.8. The van der Waals surface area contributed by atoms with Crippen molar-refractivity contribution >= 4 is 28.4 Å². The summed E-state index contributed by atoms with van der Waals surface area (Å²) in [4.78, 5) is 31.1. The maximum atomic E-state index is 13.2. The molecule has 34 heavy (non-hydrogen) atoms. The molecule has 0 aliphatic rings. The number of methoxy groups -OCH3 is 1. The quantitative estimate of drug-likeness (QED) is 0.423. The number of hydrogen-bond acceptors (Lipinski definition) is 4. The van der Waals surface area contributed by atoms with Gasteiger partial charge in [-0.25, -0.2) is 9.38 Å². The third-order valence-electron chi connectivity index (χ3n) is 5.97. The van der Waals surface area contributed by atoms with Crippen LogP contribution in [0.25, 0.3) is 28.1 Å². The number of imidazole rings is 1. The van der Waals surface area contributed by atoms with Gasteiger partial charge in [0.15, 0.2) is 0 Å². The van der Waals surface area contributed by atoms with Crippen molar-refractivity contribution in [1.29, 1.82) is 0 Å². The number of carbonyl (C=O) groups excluding carboxylic acids is 1. The van der Waals surface area contributed by atoms with Gasteiger partial charge >= 0.3 is 0 Å². The summed E-state index contributed by atoms with van der Waals surface area (Å²) >= 11 is 0. The van der Waals surface area contributed by atoms with Crippen molar-refractivity contribution in [2.45, 2.75) is 20.4 Å². The third kappa shape index (κ3) is 3.71. The average Bonchev–Trinajstić information content (AvgIpc) is 3.15. The number of para-hydroxylation sites is 3. The van der Waals surface area contributed by atoms with Crippen molar-refractivity contribution in [2.75, 3.05) is 12.4 Å². The molecule has 1 N–H and O–H groups in total. The summed E-state index contributed by atoms with van der Waals surface area (Å²) in [6, 6.07) is 22.3. The van der Waals surface area contributed by atoms with Crippen molar-refractivity contribution in [1.82, 2.24) is 14.0 Å². The zero-order valence-corrected chi connectivity index (χ0v) is 19.2. The molecule has 0 radical (unpaired) electrons. The highest BCUT2D eigenvalue weighted by Gasteiger charge is 2.18. The molecule has 0 saturated carbocycles. The predicted molar refractivity (Wildman–Crippen MR) is 133 cm³/mol. The van der Waals surface area contributed by atoms with E-state index in [-0.39, 0.29) is 18.0 Å². The molecule has 0 aliphatic heterocycles. The largest absolute Gasteiger partial charge is 0.497 e. The number of amides is 1. The van der Waals surface area contributed by atoms with Gasteiger partial charge < -0.3 is 14.6 Å². The molecule has 0 unspecified atom stereocenters. The first-order chi connectivity index (χ1) is 16.5. The first kappa shape index (κ1) is 21.5. The number of hydrogen-bond donors (Lipinski definition) is 1. The highest BCUT2D eigenvalue weighted by Crippen LogP contribution is 2.25. The first-order valence-electron chi connectivity index (χ1n) is 11.0. The van der Waals surface area contributed by atoms with Crippen LogP contribution in [-0.2, 0) is 11.3 Å². The number of anilines is 1. The fraction of sp³-hybridized carbons (Fsp3) is 0.148. The monoisotopic (exact) mass is 452 g/mol. The lowest BCUT2D eigenvalue weighted by Crippen LogP contribution is -2.21. The highest BCUT2D eigenvalue weighted by atomic mass is 16.5. The smallest absolute Gasteiger partial charge is 0.260 e. The van der Waals surface area contributed by atoms with Crippen LogP contribution in [-0.4, -0.2) is 27.0 Å². The van der Waals surface area contributed by atoms with Gasteiger partial charge in [0, 0.05) is 17.3 Å². The van der Waals surface area contributed by atoms with Crippen LogP contribution in [0.15, 0.2) is 77.6 Å². The molecule has 2 heterocycles. The summed E-state index contributed by atoms with van der Waals surface area (Å²) in [7, 11) is 1.59. The Hall–Kier alpha value is -4.39. The molecule has 7 nitrogen and oxygen atoms in total. The van der Waals surface area contributed by atoms with E-state index >= 15 is 0 Å². The van der Waals surface area contributed by atoms with E-state index in [0.29, 0.717) is 22.7 Å². The number of nitrogens with zero attached hydrogens (tertiary/aromatic N) is 3. The average molecular weight is 453 g/mol. The standard InChI is InChI=1S/C27H24N4O3/c1-17-8-6-9-18(2)26(17)29-24(32)16-30-22-12-4-5-13-23(22)31-25(33)15-21(28-27(30)31)19-10-7-11-20(14-19)34-3/h4-15H,16H2,1-3H3,(H,29,32). The van der Waals surface area contributed by atoms with Gasteiger partial charge in [-0.3, -0.25) is 9.59 Å². The van der Waals surface area contributed by atoms with Crippen LogP contribution < -0.4 is 15.6 Å². The van der Waals surface area contributed by atoms with Crippen LogP contribution >= 0.6 is 0 Å². The lowest BCUT2D eigenvalue weighted by Gasteiger charge is -2.12. The Labute approximate surface area is 196 Å². The van der Waals surface area contributed by atoms with Gasteiger partial charge in [0.05, 0.1) is 23.8 Å². The summed E-state index contributed by atoms with van der Waals surface area (Å²) < 4.78 is 8.65. The lowest BCUT2D eigenvalue weighted by molar-refractivity contribution is -0.116. The number of benzene rings is 3. The fourth-order valence-corrected chi connectivity index (χ4v) is 4.29. The van der Waals surface area contributed by atoms with E-state index < -0.39 is 0 Å². The van der Waals surface area contributed by atoms with E-state index in [4.69, 9.17) is 9.72 Å². The van der Waals surface area contributed by atoms with E-state index in [1.54, 1.807) is 16.1 Å². The minimum atomic E-state index is -0.215. The molecule has 5 rings (SSSR count). The molecule has 3 aromatic carbocycles. The molecule has 2 aromatic heterocycles. The molecule has 0 bridgehead atoms. The Balaban J connectivity index is 1.64. The third-order valence-corrected chi connectivity index (χ3v) is 5.97. The van der Waals surface area contributed by atoms with E-state index in [1.165, 1.54) is 6.07 Å². The topological polar surface area (TPSA) is 77.6 Å². The van der Waals surface area contributed by atoms with Crippen molar-refractivity contribution in [3.05, 3.63) is 94.3 Å². The van der Waals surface area contributed by atoms with Gasteiger partial charge in [0.25, 0.3) is 5.56 Å². The summed E-state index contributed by atoms with van der Waals surface area (Å²) in [6.07, 6.45) is 0. The second-order valence-corrected chi connectivity index (χ2v) is 8.24. The summed E-state index contributed by atoms with van der Waals surface area (Å²) in [5, 5.41) is 3.03. The Morgan fingerprint density at radius 2 is 1.65 bits per heavy atom. The number of aryl methyl sites for hydroxylation is 2. The summed E-state index contributed by atoms with van der Waals surface area (Å²) in [5.74, 6) is 0.887. The van der Waals surface area contributed by atoms with Gasteiger partial charge in [-0.05, 0) is 49.2 Å². The van der Waals surface area contributed by atoms with Crippen molar-refractivity contribution in [3.8, 4) is 17.0 Å². The van der Waals surface area contributed by atoms with Crippen molar-refractivity contribution in [2.24, 2.45) is 0 Å². The van der Waals surface area contributed by atoms with Crippen LogP contribution in [0.2, 0.25) is 0 Å². The highest BCUT2D eigenvalue weighted by molar-refractivity contribution is 5.94. The van der Waals surface area contributed by atoms with Crippen LogP contribution in [0.1, 0.15) is 11.1 Å². The number of ether oxygens (including phenoxy) is 1. The second kappa shape index (κ2) is 8.51. The zero-order valence-electron chi connectivity index (χ0n) is 19.2. The Bertz CT molecular complexity index is 1590. The van der Waals surface area contributed by atoms with E-state index in [2.05, 4.69) is 5.32 Å². The maximum absolute atomic E-state index is 13.2. The molecule has 0 fully saturated rings. The Morgan fingerprint density at radius 1 is 0.941 bits per heavy atom. The fourth-order valence-electron chi connectivity index (χ4n) is 4.29. The number of carbonyl (C=O) groups is 1. The van der Waals surface area contributed by atoms with Crippen LogP contribution in [0, 0.1) is 13.8 Å². The molecule has 0 spiro atoms. The number of rotatable bonds is 5. The van der Waals surface area contributed by atoms with Crippen LogP contribution in [0.5, 0.6) is 5.75 Å². The van der Waals surface area contributed by atoms with Gasteiger partial charge in [-0.15, -0.1) is 0 Å². The SMILES string of the molecule is COc1cccc(-c2cc(=O)n3c4ccccc4n(CC(=O)Nc4c(C)cccc4C)c3n2)c1. The van der Waals surface area contributed by atoms with Crippen LogP contribution in [0.3, 0.4) is 0 Å². The predicted octanol–water partition coefficient (Wildman–Crippen LogP) is 4.58. The molecular weight excluding hydrogens is 428 g/mol. The number of nitrogens with one attached hydrogen (secondary N) is 1. The number of aromatic nitrogens is 3. The minimum Gasteiger partial charge on any atom is -0.497 e. The second-order valence-electron chi connectivity index (χ2n) is 8.24. The maximum Gasteiger partial charge on any atom is 0.260 e. The molecule has 0 aliphatic carbocycles. The van der Waals surface area contributed by atoms with Crippen molar-refractivity contribution < 1.29 is 9.53 Å². The van der Waals surface area contributed by atoms with Gasteiger partial charge in [0.1, 0.15) is 12.3 Å². The molecule has 1 amide bonds. The van der Waals surface area contributed by atoms with Gasteiger partial charge in [-0.1, -0.05) is 42.5 Å².